The number of halogens is 3. The Balaban J connectivity index is 2.58. The number of hydrogen-bond donors (Lipinski definition) is 1. The third-order valence-electron chi connectivity index (χ3n) is 2.56. The van der Waals surface area contributed by atoms with Gasteiger partial charge in [0.25, 0.3) is 0 Å². The van der Waals surface area contributed by atoms with Gasteiger partial charge in [-0.25, -0.2) is 13.2 Å². The first-order chi connectivity index (χ1) is 8.52. The summed E-state index contributed by atoms with van der Waals surface area (Å²) in [6.07, 6.45) is 1.41. The van der Waals surface area contributed by atoms with Crippen LogP contribution in [0.1, 0.15) is 5.56 Å². The Kier molecular flexibility index (Phi) is 3.10. The second kappa shape index (κ2) is 4.56. The highest BCUT2D eigenvalue weighted by molar-refractivity contribution is 5.70. The maximum atomic E-state index is 13.1. The second-order valence-electron chi connectivity index (χ2n) is 3.73. The van der Waals surface area contributed by atoms with E-state index in [1.54, 1.807) is 0 Å². The molecule has 0 unspecified atom stereocenters. The lowest BCUT2D eigenvalue weighted by Gasteiger charge is -2.06. The van der Waals surface area contributed by atoms with Gasteiger partial charge >= 0.3 is 0 Å². The molecule has 0 saturated carbocycles. The molecule has 0 radical (unpaired) electrons. The smallest absolute Gasteiger partial charge is 0.194 e. The zero-order valence-corrected chi connectivity index (χ0v) is 9.25. The molecule has 4 heteroatoms. The molecule has 2 aromatic carbocycles. The lowest BCUT2D eigenvalue weighted by molar-refractivity contribution is 0.447. The number of benzene rings is 2. The average Bonchev–Trinajstić information content (AvgIpc) is 2.36. The summed E-state index contributed by atoms with van der Waals surface area (Å²) in [7, 11) is 0. The van der Waals surface area contributed by atoms with Gasteiger partial charge in [-0.1, -0.05) is 18.7 Å². The third kappa shape index (κ3) is 2.09. The van der Waals surface area contributed by atoms with Crippen molar-refractivity contribution in [2.45, 2.75) is 0 Å². The van der Waals surface area contributed by atoms with E-state index in [0.717, 1.165) is 12.1 Å². The number of rotatable bonds is 2. The van der Waals surface area contributed by atoms with Crippen molar-refractivity contribution in [1.82, 2.24) is 0 Å². The molecule has 0 amide bonds. The fourth-order valence-corrected chi connectivity index (χ4v) is 1.62. The van der Waals surface area contributed by atoms with E-state index in [9.17, 15) is 18.3 Å². The largest absolute Gasteiger partial charge is 0.507 e. The van der Waals surface area contributed by atoms with Gasteiger partial charge in [-0.2, -0.15) is 0 Å². The molecular formula is C14H9F3O. The van der Waals surface area contributed by atoms with Gasteiger partial charge in [0.15, 0.2) is 17.5 Å². The molecule has 0 atom stereocenters. The van der Waals surface area contributed by atoms with Crippen molar-refractivity contribution in [3.05, 3.63) is 59.9 Å². The minimum absolute atomic E-state index is 0.0109. The van der Waals surface area contributed by atoms with Crippen LogP contribution in [-0.2, 0) is 0 Å². The molecule has 0 heterocycles. The number of aromatic hydroxyl groups is 1. The summed E-state index contributed by atoms with van der Waals surface area (Å²) < 4.78 is 39.0. The minimum atomic E-state index is -1.50. The fraction of sp³-hybridized carbons (Fsp3) is 0. The summed E-state index contributed by atoms with van der Waals surface area (Å²) in [5, 5.41) is 9.46. The van der Waals surface area contributed by atoms with Crippen molar-refractivity contribution in [3.63, 3.8) is 0 Å². The molecule has 2 aromatic rings. The average molecular weight is 250 g/mol. The molecular weight excluding hydrogens is 241 g/mol. The van der Waals surface area contributed by atoms with E-state index in [0.29, 0.717) is 11.1 Å². The molecule has 92 valence electrons. The minimum Gasteiger partial charge on any atom is -0.507 e. The molecule has 0 aliphatic rings. The first-order valence-corrected chi connectivity index (χ1v) is 5.13. The first-order valence-electron chi connectivity index (χ1n) is 5.13. The maximum absolute atomic E-state index is 13.1. The number of phenols is 1. The van der Waals surface area contributed by atoms with Crippen LogP contribution < -0.4 is 0 Å². The fourth-order valence-electron chi connectivity index (χ4n) is 1.62. The highest BCUT2D eigenvalue weighted by atomic mass is 19.2. The van der Waals surface area contributed by atoms with Crippen molar-refractivity contribution in [2.75, 3.05) is 0 Å². The van der Waals surface area contributed by atoms with Crippen LogP contribution in [0.25, 0.3) is 17.2 Å². The Labute approximate surface area is 102 Å². The summed E-state index contributed by atoms with van der Waals surface area (Å²) in [6, 6.07) is 6.17. The van der Waals surface area contributed by atoms with Gasteiger partial charge in [0.1, 0.15) is 5.75 Å². The summed E-state index contributed by atoms with van der Waals surface area (Å²) in [5.74, 6) is -3.99. The van der Waals surface area contributed by atoms with Crippen LogP contribution in [0.15, 0.2) is 36.9 Å². The SMILES string of the molecule is C=Cc1cc(-c2cc(F)c(F)c(F)c2)ccc1O. The third-order valence-corrected chi connectivity index (χ3v) is 2.56. The highest BCUT2D eigenvalue weighted by Crippen LogP contribution is 2.28. The van der Waals surface area contributed by atoms with Crippen molar-refractivity contribution in [2.24, 2.45) is 0 Å². The normalized spacial score (nSPS) is 10.4. The van der Waals surface area contributed by atoms with Gasteiger partial charge < -0.3 is 5.11 Å². The van der Waals surface area contributed by atoms with Gasteiger partial charge in [-0.05, 0) is 35.4 Å². The molecule has 0 aliphatic carbocycles. The second-order valence-corrected chi connectivity index (χ2v) is 3.73. The van der Waals surface area contributed by atoms with Crippen LogP contribution >= 0.6 is 0 Å². The highest BCUT2D eigenvalue weighted by Gasteiger charge is 2.12. The summed E-state index contributed by atoms with van der Waals surface area (Å²) in [4.78, 5) is 0. The van der Waals surface area contributed by atoms with Crippen LogP contribution in [0.4, 0.5) is 13.2 Å². The molecule has 0 spiro atoms. The summed E-state index contributed by atoms with van der Waals surface area (Å²) in [6.45, 7) is 3.51. The van der Waals surface area contributed by atoms with Crippen LogP contribution in [0, 0.1) is 17.5 Å². The van der Waals surface area contributed by atoms with Gasteiger partial charge in [-0.15, -0.1) is 0 Å². The van der Waals surface area contributed by atoms with Gasteiger partial charge in [0.05, 0.1) is 0 Å². The standard InChI is InChI=1S/C14H9F3O/c1-2-8-5-9(3-4-13(8)18)10-6-11(15)14(17)12(16)7-10/h2-7,18H,1H2. The maximum Gasteiger partial charge on any atom is 0.194 e. The molecule has 0 saturated heterocycles. The van der Waals surface area contributed by atoms with Crippen LogP contribution in [0.5, 0.6) is 5.75 Å². The van der Waals surface area contributed by atoms with Crippen molar-refractivity contribution < 1.29 is 18.3 Å². The molecule has 0 bridgehead atoms. The molecule has 0 fully saturated rings. The van der Waals surface area contributed by atoms with E-state index >= 15 is 0 Å². The Hall–Kier alpha value is -2.23. The molecule has 0 aromatic heterocycles. The van der Waals surface area contributed by atoms with E-state index in [1.807, 2.05) is 0 Å². The lowest BCUT2D eigenvalue weighted by Crippen LogP contribution is -1.92. The number of hydrogen-bond acceptors (Lipinski definition) is 1. The summed E-state index contributed by atoms with van der Waals surface area (Å²) >= 11 is 0. The van der Waals surface area contributed by atoms with Gasteiger partial charge in [-0.3, -0.25) is 0 Å². The van der Waals surface area contributed by atoms with Crippen molar-refractivity contribution in [1.29, 1.82) is 0 Å². The molecule has 1 nitrogen and oxygen atoms in total. The Bertz CT molecular complexity index is 597. The van der Waals surface area contributed by atoms with E-state index in [1.165, 1.54) is 24.3 Å². The van der Waals surface area contributed by atoms with Gasteiger partial charge in [0, 0.05) is 5.56 Å². The Morgan fingerprint density at radius 3 is 2.11 bits per heavy atom. The first kappa shape index (κ1) is 12.2. The zero-order chi connectivity index (χ0) is 13.3. The van der Waals surface area contributed by atoms with Crippen molar-refractivity contribution in [3.8, 4) is 16.9 Å². The van der Waals surface area contributed by atoms with Crippen LogP contribution in [-0.4, -0.2) is 5.11 Å². The predicted molar refractivity (Wildman–Crippen MR) is 63.5 cm³/mol. The van der Waals surface area contributed by atoms with Crippen LogP contribution in [0.3, 0.4) is 0 Å². The Morgan fingerprint density at radius 1 is 0.944 bits per heavy atom. The zero-order valence-electron chi connectivity index (χ0n) is 9.25. The van der Waals surface area contributed by atoms with E-state index < -0.39 is 17.5 Å². The topological polar surface area (TPSA) is 20.2 Å². The molecule has 1 N–H and O–H groups in total. The number of phenolic OH excluding ortho intramolecular Hbond substituents is 1. The quantitative estimate of drug-likeness (QED) is 0.795. The van der Waals surface area contributed by atoms with Crippen molar-refractivity contribution >= 4 is 6.08 Å². The predicted octanol–water partition coefficient (Wildman–Crippen LogP) is 4.12. The monoisotopic (exact) mass is 250 g/mol. The van der Waals surface area contributed by atoms with E-state index in [4.69, 9.17) is 0 Å². The Morgan fingerprint density at radius 2 is 1.56 bits per heavy atom. The van der Waals surface area contributed by atoms with E-state index in [2.05, 4.69) is 6.58 Å². The molecule has 2 rings (SSSR count). The molecule has 0 aliphatic heterocycles. The van der Waals surface area contributed by atoms with Crippen LogP contribution in [0.2, 0.25) is 0 Å². The summed E-state index contributed by atoms with van der Waals surface area (Å²) in [5.41, 5.74) is 1.08. The van der Waals surface area contributed by atoms with E-state index in [-0.39, 0.29) is 11.3 Å². The molecule has 18 heavy (non-hydrogen) atoms. The lowest BCUT2D eigenvalue weighted by atomic mass is 10.0. The van der Waals surface area contributed by atoms with Gasteiger partial charge in [0.2, 0.25) is 0 Å².